The van der Waals surface area contributed by atoms with E-state index in [2.05, 4.69) is 65.5 Å². The number of benzene rings is 1. The molecule has 1 aromatic heterocycles. The normalized spacial score (nSPS) is 17.5. The average molecular weight is 296 g/mol. The highest BCUT2D eigenvalue weighted by atomic mass is 16.3. The number of hydrogen-bond acceptors (Lipinski definition) is 2. The Hall–Kier alpha value is -1.84. The van der Waals surface area contributed by atoms with Crippen LogP contribution in [0.25, 0.3) is 10.9 Å². The third-order valence-corrected chi connectivity index (χ3v) is 4.38. The molecule has 2 atom stereocenters. The number of nitrogens with zero attached hydrogens (tertiary/aromatic N) is 1. The maximum absolute atomic E-state index is 10.7. The monoisotopic (exact) mass is 296 g/mol. The Balaban J connectivity index is 2.07. The number of aryl methyl sites for hydroxylation is 1. The van der Waals surface area contributed by atoms with Gasteiger partial charge in [0.25, 0.3) is 0 Å². The number of hydrogen-bond donors (Lipinski definition) is 2. The van der Waals surface area contributed by atoms with E-state index in [4.69, 9.17) is 0 Å². The maximum Gasteiger partial charge on any atom is 0.0909 e. The van der Waals surface area contributed by atoms with Gasteiger partial charge in [0.15, 0.2) is 0 Å². The molecule has 2 aromatic rings. The summed E-state index contributed by atoms with van der Waals surface area (Å²) in [6.07, 6.45) is 10.2. The molecule has 2 N–H and O–H groups in total. The Morgan fingerprint density at radius 1 is 1.32 bits per heavy atom. The Labute approximate surface area is 132 Å². The predicted molar refractivity (Wildman–Crippen MR) is 92.1 cm³/mol. The summed E-state index contributed by atoms with van der Waals surface area (Å²) >= 11 is 0. The van der Waals surface area contributed by atoms with E-state index in [0.29, 0.717) is 6.54 Å². The fourth-order valence-electron chi connectivity index (χ4n) is 3.33. The van der Waals surface area contributed by atoms with E-state index in [1.807, 2.05) is 7.05 Å². The molecule has 0 saturated heterocycles. The Morgan fingerprint density at radius 3 is 2.91 bits per heavy atom. The molecule has 1 aromatic carbocycles. The van der Waals surface area contributed by atoms with Crippen LogP contribution in [-0.2, 0) is 0 Å². The highest BCUT2D eigenvalue weighted by Gasteiger charge is 2.25. The lowest BCUT2D eigenvalue weighted by Crippen LogP contribution is -2.34. The Kier molecular flexibility index (Phi) is 4.46. The van der Waals surface area contributed by atoms with Crippen molar-refractivity contribution in [1.29, 1.82) is 0 Å². The van der Waals surface area contributed by atoms with Gasteiger partial charge in [-0.05, 0) is 56.0 Å². The van der Waals surface area contributed by atoms with Crippen LogP contribution in [0.3, 0.4) is 0 Å². The molecule has 0 amide bonds. The lowest BCUT2D eigenvalue weighted by atomic mass is 9.93. The van der Waals surface area contributed by atoms with E-state index in [1.54, 1.807) is 0 Å². The number of aromatic nitrogens is 1. The summed E-state index contributed by atoms with van der Waals surface area (Å²) in [7, 11) is 1.88. The fourth-order valence-corrected chi connectivity index (χ4v) is 3.33. The molecular weight excluding hydrogens is 272 g/mol. The second-order valence-electron chi connectivity index (χ2n) is 6.06. The summed E-state index contributed by atoms with van der Waals surface area (Å²) in [5.74, 6) is 0. The van der Waals surface area contributed by atoms with E-state index in [0.717, 1.165) is 12.8 Å². The molecule has 0 radical (unpaired) electrons. The van der Waals surface area contributed by atoms with Crippen molar-refractivity contribution in [1.82, 2.24) is 9.88 Å². The van der Waals surface area contributed by atoms with Crippen LogP contribution in [0, 0.1) is 6.92 Å². The standard InChI is InChI=1S/C19H24N2O/c1-14-8-9-17-16(12-14)10-11-21(17)19(18(22)13-20-2)15-6-4-3-5-7-15/h3-4,6,8-12,18-20,22H,5,7,13H2,1-2H3/t18?,19-/m0/s1. The summed E-state index contributed by atoms with van der Waals surface area (Å²) in [6, 6.07) is 8.61. The number of likely N-dealkylation sites (N-methyl/N-ethyl adjacent to an activating group) is 1. The molecule has 1 aliphatic carbocycles. The van der Waals surface area contributed by atoms with Crippen LogP contribution in [0.1, 0.15) is 24.4 Å². The van der Waals surface area contributed by atoms with Gasteiger partial charge in [0.2, 0.25) is 0 Å². The van der Waals surface area contributed by atoms with Gasteiger partial charge in [0.05, 0.1) is 12.1 Å². The molecule has 3 nitrogen and oxygen atoms in total. The van der Waals surface area contributed by atoms with Crippen LogP contribution >= 0.6 is 0 Å². The SMILES string of the molecule is CNCC(O)[C@H](C1=CC=CCC1)n1ccc2cc(C)ccc21. The van der Waals surface area contributed by atoms with Crippen LogP contribution in [0.2, 0.25) is 0 Å². The van der Waals surface area contributed by atoms with Gasteiger partial charge in [-0.25, -0.2) is 0 Å². The van der Waals surface area contributed by atoms with Crippen LogP contribution in [-0.4, -0.2) is 29.4 Å². The molecule has 3 rings (SSSR count). The first-order valence-corrected chi connectivity index (χ1v) is 7.96. The van der Waals surface area contributed by atoms with Gasteiger partial charge in [0.1, 0.15) is 0 Å². The zero-order valence-electron chi connectivity index (χ0n) is 13.3. The second kappa shape index (κ2) is 6.51. The van der Waals surface area contributed by atoms with Crippen molar-refractivity contribution < 1.29 is 5.11 Å². The van der Waals surface area contributed by atoms with E-state index in [-0.39, 0.29) is 6.04 Å². The molecule has 0 aliphatic heterocycles. The third kappa shape index (κ3) is 2.87. The summed E-state index contributed by atoms with van der Waals surface area (Å²) in [5.41, 5.74) is 3.74. The van der Waals surface area contributed by atoms with Crippen LogP contribution in [0.5, 0.6) is 0 Å². The smallest absolute Gasteiger partial charge is 0.0909 e. The minimum Gasteiger partial charge on any atom is -0.389 e. The molecular formula is C19H24N2O. The zero-order valence-corrected chi connectivity index (χ0v) is 13.3. The Bertz CT molecular complexity index is 711. The van der Waals surface area contributed by atoms with Crippen molar-refractivity contribution >= 4 is 10.9 Å². The third-order valence-electron chi connectivity index (χ3n) is 4.38. The van der Waals surface area contributed by atoms with Crippen molar-refractivity contribution in [3.05, 3.63) is 59.8 Å². The van der Waals surface area contributed by atoms with E-state index in [1.165, 1.54) is 22.0 Å². The van der Waals surface area contributed by atoms with Gasteiger partial charge in [-0.15, -0.1) is 0 Å². The van der Waals surface area contributed by atoms with Gasteiger partial charge in [0, 0.05) is 18.3 Å². The topological polar surface area (TPSA) is 37.2 Å². The molecule has 0 bridgehead atoms. The molecule has 0 saturated carbocycles. The summed E-state index contributed by atoms with van der Waals surface area (Å²) < 4.78 is 2.22. The van der Waals surface area contributed by atoms with Crippen LogP contribution < -0.4 is 5.32 Å². The Morgan fingerprint density at radius 2 is 2.18 bits per heavy atom. The first-order chi connectivity index (χ1) is 10.7. The average Bonchev–Trinajstić information content (AvgIpc) is 2.92. The lowest BCUT2D eigenvalue weighted by Gasteiger charge is -2.29. The first-order valence-electron chi connectivity index (χ1n) is 7.96. The van der Waals surface area contributed by atoms with Crippen molar-refractivity contribution in [2.24, 2.45) is 0 Å². The summed E-state index contributed by atoms with van der Waals surface area (Å²) in [6.45, 7) is 2.69. The molecule has 22 heavy (non-hydrogen) atoms. The number of allylic oxidation sites excluding steroid dienone is 3. The van der Waals surface area contributed by atoms with E-state index >= 15 is 0 Å². The highest BCUT2D eigenvalue weighted by Crippen LogP contribution is 2.32. The second-order valence-corrected chi connectivity index (χ2v) is 6.06. The maximum atomic E-state index is 10.7. The van der Waals surface area contributed by atoms with Crippen LogP contribution in [0.4, 0.5) is 0 Å². The molecule has 116 valence electrons. The number of nitrogens with one attached hydrogen (secondary N) is 1. The molecule has 1 heterocycles. The van der Waals surface area contributed by atoms with Crippen molar-refractivity contribution in [2.45, 2.75) is 31.9 Å². The number of fused-ring (bicyclic) bond motifs is 1. The molecule has 1 aliphatic rings. The first kappa shape index (κ1) is 15.1. The van der Waals surface area contributed by atoms with E-state index in [9.17, 15) is 5.11 Å². The lowest BCUT2D eigenvalue weighted by molar-refractivity contribution is 0.129. The van der Waals surface area contributed by atoms with Crippen LogP contribution in [0.15, 0.2) is 54.3 Å². The van der Waals surface area contributed by atoms with Gasteiger partial charge in [-0.1, -0.05) is 29.9 Å². The minimum atomic E-state index is -0.445. The number of aliphatic hydroxyl groups excluding tert-OH is 1. The number of aliphatic hydroxyl groups is 1. The number of rotatable bonds is 5. The van der Waals surface area contributed by atoms with Crippen molar-refractivity contribution in [2.75, 3.05) is 13.6 Å². The van der Waals surface area contributed by atoms with Gasteiger partial charge < -0.3 is 15.0 Å². The molecule has 3 heteroatoms. The van der Waals surface area contributed by atoms with Gasteiger partial charge in [-0.3, -0.25) is 0 Å². The minimum absolute atomic E-state index is 0.0161. The largest absolute Gasteiger partial charge is 0.389 e. The molecule has 1 unspecified atom stereocenters. The summed E-state index contributed by atoms with van der Waals surface area (Å²) in [5, 5.41) is 15.0. The van der Waals surface area contributed by atoms with Crippen molar-refractivity contribution in [3.8, 4) is 0 Å². The van der Waals surface area contributed by atoms with E-state index < -0.39 is 6.10 Å². The summed E-state index contributed by atoms with van der Waals surface area (Å²) in [4.78, 5) is 0. The predicted octanol–water partition coefficient (Wildman–Crippen LogP) is 3.35. The molecule has 0 spiro atoms. The van der Waals surface area contributed by atoms with Crippen molar-refractivity contribution in [3.63, 3.8) is 0 Å². The highest BCUT2D eigenvalue weighted by molar-refractivity contribution is 5.81. The van der Waals surface area contributed by atoms with Gasteiger partial charge in [-0.2, -0.15) is 0 Å². The fraction of sp³-hybridized carbons (Fsp3) is 0.368. The molecule has 0 fully saturated rings. The van der Waals surface area contributed by atoms with Gasteiger partial charge >= 0.3 is 0 Å². The quantitative estimate of drug-likeness (QED) is 0.888. The zero-order chi connectivity index (χ0) is 15.5.